The number of nitrogens with two attached hydrogens (primary N) is 1. The van der Waals surface area contributed by atoms with Gasteiger partial charge in [0.15, 0.2) is 0 Å². The van der Waals surface area contributed by atoms with E-state index in [0.717, 1.165) is 26.1 Å². The predicted molar refractivity (Wildman–Crippen MR) is 54.7 cm³/mol. The Balaban J connectivity index is 2.42. The number of hydrogen-bond donors (Lipinski definition) is 1. The van der Waals surface area contributed by atoms with Crippen LogP contribution in [0.4, 0.5) is 0 Å². The highest BCUT2D eigenvalue weighted by molar-refractivity contribution is 4.77. The molecule has 0 radical (unpaired) electrons. The highest BCUT2D eigenvalue weighted by Gasteiger charge is 2.25. The lowest BCUT2D eigenvalue weighted by atomic mass is 10.1. The molecule has 1 rings (SSSR count). The smallest absolute Gasteiger partial charge is 0.0718 e. The lowest BCUT2D eigenvalue weighted by Gasteiger charge is -2.39. The maximum Gasteiger partial charge on any atom is 0.0718 e. The first-order valence-electron chi connectivity index (χ1n) is 5.23. The fraction of sp³-hybridized carbons (Fsp3) is 1.00. The van der Waals surface area contributed by atoms with Crippen molar-refractivity contribution in [3.05, 3.63) is 0 Å². The van der Waals surface area contributed by atoms with Gasteiger partial charge in [-0.3, -0.25) is 4.90 Å². The van der Waals surface area contributed by atoms with Crippen LogP contribution >= 0.6 is 0 Å². The van der Waals surface area contributed by atoms with Gasteiger partial charge in [0.1, 0.15) is 0 Å². The second kappa shape index (κ2) is 4.94. The normalized spacial score (nSPS) is 31.2. The quantitative estimate of drug-likeness (QED) is 0.709. The molecule has 0 aliphatic carbocycles. The van der Waals surface area contributed by atoms with Gasteiger partial charge in [-0.25, -0.2) is 0 Å². The molecular formula is C10H22N2O. The van der Waals surface area contributed by atoms with Crippen LogP contribution in [0.25, 0.3) is 0 Å². The van der Waals surface area contributed by atoms with Crippen molar-refractivity contribution in [1.82, 2.24) is 4.90 Å². The van der Waals surface area contributed by atoms with Crippen molar-refractivity contribution in [3.63, 3.8) is 0 Å². The predicted octanol–water partition coefficient (Wildman–Crippen LogP) is 0.833. The molecule has 1 aliphatic heterocycles. The van der Waals surface area contributed by atoms with Gasteiger partial charge in [0.05, 0.1) is 12.2 Å². The first kappa shape index (κ1) is 11.0. The van der Waals surface area contributed by atoms with E-state index >= 15 is 0 Å². The molecule has 1 heterocycles. The largest absolute Gasteiger partial charge is 0.373 e. The van der Waals surface area contributed by atoms with Crippen LogP contribution in [0.1, 0.15) is 27.2 Å². The molecule has 0 saturated carbocycles. The fourth-order valence-electron chi connectivity index (χ4n) is 1.85. The molecule has 0 aromatic heterocycles. The Hall–Kier alpha value is -0.120. The van der Waals surface area contributed by atoms with E-state index in [0.29, 0.717) is 18.2 Å². The number of rotatable bonds is 3. The molecule has 2 unspecified atom stereocenters. The Morgan fingerprint density at radius 3 is 2.69 bits per heavy atom. The van der Waals surface area contributed by atoms with Crippen molar-refractivity contribution in [1.29, 1.82) is 0 Å². The Morgan fingerprint density at radius 1 is 1.46 bits per heavy atom. The number of hydrogen-bond acceptors (Lipinski definition) is 3. The van der Waals surface area contributed by atoms with Crippen LogP contribution in [0.2, 0.25) is 0 Å². The highest BCUT2D eigenvalue weighted by Crippen LogP contribution is 2.15. The average Bonchev–Trinajstić information content (AvgIpc) is 2.03. The summed E-state index contributed by atoms with van der Waals surface area (Å²) in [5.74, 6) is 0. The number of ether oxygens (including phenoxy) is 1. The average molecular weight is 186 g/mol. The van der Waals surface area contributed by atoms with E-state index in [1.807, 2.05) is 0 Å². The maximum absolute atomic E-state index is 5.79. The molecule has 0 aromatic carbocycles. The summed E-state index contributed by atoms with van der Waals surface area (Å²) in [6.45, 7) is 9.43. The molecule has 13 heavy (non-hydrogen) atoms. The minimum Gasteiger partial charge on any atom is -0.373 e. The van der Waals surface area contributed by atoms with E-state index < -0.39 is 0 Å². The SMILES string of the molecule is CC1CN(C(C)C)CC(CCN)O1. The lowest BCUT2D eigenvalue weighted by molar-refractivity contribution is -0.0865. The molecule has 1 saturated heterocycles. The minimum absolute atomic E-state index is 0.344. The highest BCUT2D eigenvalue weighted by atomic mass is 16.5. The summed E-state index contributed by atoms with van der Waals surface area (Å²) in [5, 5.41) is 0. The van der Waals surface area contributed by atoms with E-state index in [2.05, 4.69) is 25.7 Å². The van der Waals surface area contributed by atoms with Gasteiger partial charge in [0.2, 0.25) is 0 Å². The van der Waals surface area contributed by atoms with Crippen molar-refractivity contribution in [2.24, 2.45) is 5.73 Å². The lowest BCUT2D eigenvalue weighted by Crippen LogP contribution is -2.49. The van der Waals surface area contributed by atoms with Crippen LogP contribution < -0.4 is 5.73 Å². The van der Waals surface area contributed by atoms with Crippen molar-refractivity contribution < 1.29 is 4.74 Å². The third-order valence-corrected chi connectivity index (χ3v) is 2.57. The Bertz CT molecular complexity index is 150. The molecule has 0 aromatic rings. The van der Waals surface area contributed by atoms with Crippen LogP contribution in [-0.2, 0) is 4.74 Å². The standard InChI is InChI=1S/C10H22N2O/c1-8(2)12-6-9(3)13-10(7-12)4-5-11/h8-10H,4-7,11H2,1-3H3. The summed E-state index contributed by atoms with van der Waals surface area (Å²) < 4.78 is 5.79. The van der Waals surface area contributed by atoms with Gasteiger partial charge >= 0.3 is 0 Å². The monoisotopic (exact) mass is 186 g/mol. The van der Waals surface area contributed by atoms with Crippen molar-refractivity contribution >= 4 is 0 Å². The molecular weight excluding hydrogens is 164 g/mol. The van der Waals surface area contributed by atoms with Gasteiger partial charge in [-0.05, 0) is 33.7 Å². The molecule has 78 valence electrons. The van der Waals surface area contributed by atoms with Gasteiger partial charge in [-0.1, -0.05) is 0 Å². The van der Waals surface area contributed by atoms with Crippen LogP contribution in [0.3, 0.4) is 0 Å². The molecule has 0 spiro atoms. The Morgan fingerprint density at radius 2 is 2.15 bits per heavy atom. The Labute approximate surface area is 81.2 Å². The molecule has 2 N–H and O–H groups in total. The second-order valence-corrected chi connectivity index (χ2v) is 4.19. The third kappa shape index (κ3) is 3.25. The topological polar surface area (TPSA) is 38.5 Å². The van der Waals surface area contributed by atoms with Gasteiger partial charge in [0, 0.05) is 19.1 Å². The van der Waals surface area contributed by atoms with Crippen LogP contribution in [0.5, 0.6) is 0 Å². The second-order valence-electron chi connectivity index (χ2n) is 4.19. The maximum atomic E-state index is 5.79. The Kier molecular flexibility index (Phi) is 4.16. The molecule has 2 atom stereocenters. The zero-order valence-electron chi connectivity index (χ0n) is 8.99. The van der Waals surface area contributed by atoms with Gasteiger partial charge in [-0.2, -0.15) is 0 Å². The first-order chi connectivity index (χ1) is 6.13. The van der Waals surface area contributed by atoms with Crippen LogP contribution in [0.15, 0.2) is 0 Å². The van der Waals surface area contributed by atoms with Gasteiger partial charge < -0.3 is 10.5 Å². The zero-order chi connectivity index (χ0) is 9.84. The summed E-state index contributed by atoms with van der Waals surface area (Å²) in [5.41, 5.74) is 5.53. The van der Waals surface area contributed by atoms with Crippen molar-refractivity contribution in [2.45, 2.75) is 45.4 Å². The van der Waals surface area contributed by atoms with Gasteiger partial charge in [0.25, 0.3) is 0 Å². The van der Waals surface area contributed by atoms with E-state index in [1.165, 1.54) is 0 Å². The molecule has 3 heteroatoms. The van der Waals surface area contributed by atoms with Gasteiger partial charge in [-0.15, -0.1) is 0 Å². The van der Waals surface area contributed by atoms with Crippen molar-refractivity contribution in [3.8, 4) is 0 Å². The summed E-state index contributed by atoms with van der Waals surface area (Å²) >= 11 is 0. The summed E-state index contributed by atoms with van der Waals surface area (Å²) in [6, 6.07) is 0.617. The molecule has 0 bridgehead atoms. The molecule has 0 amide bonds. The van der Waals surface area contributed by atoms with E-state index in [9.17, 15) is 0 Å². The van der Waals surface area contributed by atoms with E-state index in [4.69, 9.17) is 10.5 Å². The summed E-state index contributed by atoms with van der Waals surface area (Å²) in [4.78, 5) is 2.47. The third-order valence-electron chi connectivity index (χ3n) is 2.57. The van der Waals surface area contributed by atoms with Crippen LogP contribution in [-0.4, -0.2) is 42.8 Å². The first-order valence-corrected chi connectivity index (χ1v) is 5.23. The van der Waals surface area contributed by atoms with E-state index in [-0.39, 0.29) is 0 Å². The molecule has 1 fully saturated rings. The minimum atomic E-state index is 0.344. The van der Waals surface area contributed by atoms with Crippen LogP contribution in [0, 0.1) is 0 Å². The summed E-state index contributed by atoms with van der Waals surface area (Å²) in [6.07, 6.45) is 1.68. The number of nitrogens with zero attached hydrogens (tertiary/aromatic N) is 1. The van der Waals surface area contributed by atoms with E-state index in [1.54, 1.807) is 0 Å². The molecule has 1 aliphatic rings. The molecule has 3 nitrogen and oxygen atoms in total. The fourth-order valence-corrected chi connectivity index (χ4v) is 1.85. The summed E-state index contributed by atoms with van der Waals surface area (Å²) in [7, 11) is 0. The zero-order valence-corrected chi connectivity index (χ0v) is 8.99. The number of morpholine rings is 1. The van der Waals surface area contributed by atoms with Crippen molar-refractivity contribution in [2.75, 3.05) is 19.6 Å².